The third-order valence-electron chi connectivity index (χ3n) is 6.54. The zero-order valence-electron chi connectivity index (χ0n) is 21.0. The molecule has 0 amide bonds. The van der Waals surface area contributed by atoms with E-state index in [4.69, 9.17) is 0 Å². The fraction of sp³-hybridized carbons (Fsp3) is 0.360. The molecule has 2 aromatic rings. The first-order valence-corrected chi connectivity index (χ1v) is 15.1. The molecule has 0 aromatic heterocycles. The van der Waals surface area contributed by atoms with E-state index in [1.165, 1.54) is 0 Å². The van der Waals surface area contributed by atoms with E-state index in [1.807, 2.05) is 13.8 Å². The van der Waals surface area contributed by atoms with Gasteiger partial charge in [-0.15, -0.1) is 4.40 Å². The Morgan fingerprint density at radius 2 is 1.72 bits per heavy atom. The lowest BCUT2D eigenvalue weighted by Crippen LogP contribution is -2.44. The van der Waals surface area contributed by atoms with Crippen molar-refractivity contribution in [3.8, 4) is 0 Å². The number of aliphatic hydroxyl groups is 1. The number of nitrogens with zero attached hydrogens (tertiary/aromatic N) is 1. The predicted octanol–water partition coefficient (Wildman–Crippen LogP) is 4.89. The molecule has 1 heterocycles. The monoisotopic (exact) mass is 585 g/mol. The van der Waals surface area contributed by atoms with Crippen molar-refractivity contribution in [3.63, 3.8) is 0 Å². The third kappa shape index (κ3) is 5.39. The first-order valence-electron chi connectivity index (χ1n) is 12.1. The first-order chi connectivity index (χ1) is 18.1. The summed E-state index contributed by atoms with van der Waals surface area (Å²) in [6, 6.07) is 9.91. The standard InChI is InChI=1S/C25H26F3N3O6S2/c1-3-11-24(12-4-2)17-8-6-5-7-16(17)21(32)20(22(24)33)23-29-18-10-9-15(13-19(18)39(36,37)31-23)30-38(34,35)14-25(26,27)28/h5-10,13,30,32H,3-4,11-12,14H2,1-2H3,(H,29,31). The number of halogens is 3. The molecule has 210 valence electrons. The first kappa shape index (κ1) is 28.6. The molecule has 3 N–H and O–H groups in total. The summed E-state index contributed by atoms with van der Waals surface area (Å²) in [7, 11) is -9.43. The zero-order valence-corrected chi connectivity index (χ0v) is 22.6. The Kier molecular flexibility index (Phi) is 7.32. The van der Waals surface area contributed by atoms with Crippen molar-refractivity contribution < 1.29 is 39.9 Å². The number of alkyl halides is 3. The van der Waals surface area contributed by atoms with Crippen LogP contribution in [-0.4, -0.2) is 45.5 Å². The lowest BCUT2D eigenvalue weighted by atomic mass is 9.63. The van der Waals surface area contributed by atoms with Crippen LogP contribution in [0.4, 0.5) is 24.5 Å². The molecule has 2 aliphatic rings. The molecule has 39 heavy (non-hydrogen) atoms. The van der Waals surface area contributed by atoms with Gasteiger partial charge in [0, 0.05) is 11.3 Å². The number of sulfonamides is 2. The molecule has 9 nitrogen and oxygen atoms in total. The van der Waals surface area contributed by atoms with Crippen molar-refractivity contribution >= 4 is 48.8 Å². The van der Waals surface area contributed by atoms with E-state index >= 15 is 0 Å². The number of hydrogen-bond acceptors (Lipinski definition) is 7. The molecule has 4 rings (SSSR count). The number of carbonyl (C=O) groups excluding carboxylic acids is 1. The number of hydrogen-bond donors (Lipinski definition) is 3. The highest BCUT2D eigenvalue weighted by molar-refractivity contribution is 7.92. The highest BCUT2D eigenvalue weighted by Crippen LogP contribution is 2.46. The molecule has 1 aliphatic heterocycles. The Balaban J connectivity index is 1.80. The fourth-order valence-corrected chi connectivity index (χ4v) is 7.30. The van der Waals surface area contributed by atoms with Crippen LogP contribution in [0.1, 0.15) is 50.7 Å². The van der Waals surface area contributed by atoms with E-state index in [1.54, 1.807) is 29.0 Å². The number of Topliss-reactive ketones (excluding diaryl/α,β-unsaturated/α-hetero) is 1. The van der Waals surface area contributed by atoms with Crippen molar-refractivity contribution in [2.24, 2.45) is 4.40 Å². The van der Waals surface area contributed by atoms with E-state index < -0.39 is 65.4 Å². The van der Waals surface area contributed by atoms with Crippen LogP contribution in [0.3, 0.4) is 0 Å². The molecule has 0 fully saturated rings. The van der Waals surface area contributed by atoms with Crippen LogP contribution in [0.2, 0.25) is 0 Å². The lowest BCUT2D eigenvalue weighted by Gasteiger charge is -2.39. The van der Waals surface area contributed by atoms with Gasteiger partial charge in [0.25, 0.3) is 10.0 Å². The van der Waals surface area contributed by atoms with Crippen molar-refractivity contribution in [2.75, 3.05) is 15.8 Å². The maximum atomic E-state index is 14.0. The number of aliphatic hydroxyl groups excluding tert-OH is 1. The number of fused-ring (bicyclic) bond motifs is 2. The summed E-state index contributed by atoms with van der Waals surface area (Å²) in [5.41, 5.74) is -0.790. The van der Waals surface area contributed by atoms with E-state index in [0.29, 0.717) is 36.8 Å². The minimum Gasteiger partial charge on any atom is -0.506 e. The molecule has 0 saturated carbocycles. The molecule has 14 heteroatoms. The van der Waals surface area contributed by atoms with Gasteiger partial charge in [-0.1, -0.05) is 51.0 Å². The fourth-order valence-electron chi connectivity index (χ4n) is 5.17. The second kappa shape index (κ2) is 9.97. The summed E-state index contributed by atoms with van der Waals surface area (Å²) in [5, 5.41) is 13.9. The largest absolute Gasteiger partial charge is 0.506 e. The molecule has 0 atom stereocenters. The van der Waals surface area contributed by atoms with Crippen LogP contribution in [-0.2, 0) is 30.3 Å². The average molecular weight is 586 g/mol. The van der Waals surface area contributed by atoms with Crippen LogP contribution in [0.25, 0.3) is 5.76 Å². The van der Waals surface area contributed by atoms with Crippen LogP contribution in [0.15, 0.2) is 57.3 Å². The van der Waals surface area contributed by atoms with Gasteiger partial charge in [0.15, 0.2) is 17.4 Å². The molecule has 2 aromatic carbocycles. The summed E-state index contributed by atoms with van der Waals surface area (Å²) < 4.78 is 93.2. The van der Waals surface area contributed by atoms with Crippen molar-refractivity contribution in [2.45, 2.75) is 56.0 Å². The van der Waals surface area contributed by atoms with Gasteiger partial charge in [-0.25, -0.2) is 8.42 Å². The number of rotatable bonds is 8. The Bertz CT molecular complexity index is 1610. The van der Waals surface area contributed by atoms with Crippen LogP contribution in [0.5, 0.6) is 0 Å². The molecule has 0 spiro atoms. The summed E-state index contributed by atoms with van der Waals surface area (Å²) in [4.78, 5) is 13.5. The Morgan fingerprint density at radius 3 is 2.33 bits per heavy atom. The van der Waals surface area contributed by atoms with Gasteiger partial charge in [0.05, 0.1) is 11.1 Å². The van der Waals surface area contributed by atoms with Gasteiger partial charge in [-0.3, -0.25) is 9.52 Å². The molecule has 0 bridgehead atoms. The molecule has 0 saturated heterocycles. The molecular formula is C25H26F3N3O6S2. The number of amidine groups is 1. The summed E-state index contributed by atoms with van der Waals surface area (Å²) >= 11 is 0. The van der Waals surface area contributed by atoms with Crippen LogP contribution >= 0.6 is 0 Å². The predicted molar refractivity (Wildman–Crippen MR) is 141 cm³/mol. The summed E-state index contributed by atoms with van der Waals surface area (Å²) in [6.45, 7) is 3.84. The molecule has 1 aliphatic carbocycles. The van der Waals surface area contributed by atoms with Crippen molar-refractivity contribution in [1.29, 1.82) is 0 Å². The number of benzene rings is 2. The number of ketones is 1. The van der Waals surface area contributed by atoms with Crippen molar-refractivity contribution in [1.82, 2.24) is 0 Å². The van der Waals surface area contributed by atoms with E-state index in [0.717, 1.165) is 18.2 Å². The van der Waals surface area contributed by atoms with Crippen LogP contribution in [0, 0.1) is 0 Å². The molecular weight excluding hydrogens is 559 g/mol. The third-order valence-corrected chi connectivity index (χ3v) is 9.11. The van der Waals surface area contributed by atoms with Gasteiger partial charge in [-0.05, 0) is 36.6 Å². The summed E-state index contributed by atoms with van der Waals surface area (Å²) in [5.74, 6) is -3.47. The van der Waals surface area contributed by atoms with Gasteiger partial charge >= 0.3 is 6.18 Å². The topological polar surface area (TPSA) is 142 Å². The second-order valence-electron chi connectivity index (χ2n) is 9.41. The maximum absolute atomic E-state index is 14.0. The SMILES string of the molecule is CCCC1(CCC)C(=O)C(C2=NS(=O)(=O)c3cc(NS(=O)(=O)CC(F)(F)F)ccc3N2)=C(O)c2ccccc21. The maximum Gasteiger partial charge on any atom is 0.404 e. The van der Waals surface area contributed by atoms with E-state index in [9.17, 15) is 39.9 Å². The van der Waals surface area contributed by atoms with Gasteiger partial charge in [-0.2, -0.15) is 21.6 Å². The average Bonchev–Trinajstić information content (AvgIpc) is 2.81. The number of carbonyl (C=O) groups is 1. The Hall–Kier alpha value is -3.39. The van der Waals surface area contributed by atoms with E-state index in [-0.39, 0.29) is 11.3 Å². The molecule has 0 radical (unpaired) electrons. The highest BCUT2D eigenvalue weighted by Gasteiger charge is 2.48. The van der Waals surface area contributed by atoms with Gasteiger partial charge in [0.1, 0.15) is 16.2 Å². The Morgan fingerprint density at radius 1 is 1.08 bits per heavy atom. The number of nitrogens with one attached hydrogen (secondary N) is 2. The number of anilines is 2. The smallest absolute Gasteiger partial charge is 0.404 e. The quantitative estimate of drug-likeness (QED) is 0.400. The van der Waals surface area contributed by atoms with Crippen molar-refractivity contribution in [3.05, 3.63) is 59.2 Å². The zero-order chi connectivity index (χ0) is 28.8. The van der Waals surface area contributed by atoms with Gasteiger partial charge < -0.3 is 10.4 Å². The highest BCUT2D eigenvalue weighted by atomic mass is 32.2. The second-order valence-corrected chi connectivity index (χ2v) is 12.7. The Labute approximate surface area is 224 Å². The van der Waals surface area contributed by atoms with Gasteiger partial charge in [0.2, 0.25) is 10.0 Å². The van der Waals surface area contributed by atoms with E-state index in [2.05, 4.69) is 9.71 Å². The molecule has 0 unspecified atom stereocenters. The lowest BCUT2D eigenvalue weighted by molar-refractivity contribution is -0.121. The minimum absolute atomic E-state index is 0.0951. The van der Waals surface area contributed by atoms with Crippen LogP contribution < -0.4 is 10.0 Å². The minimum atomic E-state index is -5.00. The normalized spacial score (nSPS) is 18.1. The summed E-state index contributed by atoms with van der Waals surface area (Å²) in [6.07, 6.45) is -2.82.